The maximum atomic E-state index is 11.7. The fourth-order valence-electron chi connectivity index (χ4n) is 1.73. The number of esters is 1. The van der Waals surface area contributed by atoms with E-state index < -0.39 is 5.97 Å². The Morgan fingerprint density at radius 3 is 3.15 bits per heavy atom. The summed E-state index contributed by atoms with van der Waals surface area (Å²) >= 11 is 0. The van der Waals surface area contributed by atoms with Crippen molar-refractivity contribution in [2.45, 2.75) is 19.8 Å². The first kappa shape index (κ1) is 13.8. The highest BCUT2D eigenvalue weighted by Gasteiger charge is 2.10. The molecule has 5 nitrogen and oxygen atoms in total. The monoisotopic (exact) mass is 269 g/mol. The predicted molar refractivity (Wildman–Crippen MR) is 75.6 cm³/mol. The maximum Gasteiger partial charge on any atom is 0.348 e. The Balaban J connectivity index is 2.17. The number of benzene rings is 1. The lowest BCUT2D eigenvalue weighted by molar-refractivity contribution is -0.138. The topological polar surface area (TPSA) is 78.8 Å². The van der Waals surface area contributed by atoms with Gasteiger partial charge in [-0.1, -0.05) is 19.4 Å². The van der Waals surface area contributed by atoms with Gasteiger partial charge in [0.15, 0.2) is 0 Å². The lowest BCUT2D eigenvalue weighted by atomic mass is 10.1. The fourth-order valence-corrected chi connectivity index (χ4v) is 1.73. The van der Waals surface area contributed by atoms with Crippen molar-refractivity contribution in [1.82, 2.24) is 9.97 Å². The van der Waals surface area contributed by atoms with Crippen molar-refractivity contribution in [3.05, 3.63) is 35.7 Å². The van der Waals surface area contributed by atoms with Gasteiger partial charge in [0.1, 0.15) is 11.6 Å². The number of fused-ring (bicyclic) bond motifs is 1. The van der Waals surface area contributed by atoms with E-state index in [0.717, 1.165) is 29.4 Å². The molecule has 0 spiro atoms. The Kier molecular flexibility index (Phi) is 4.51. The van der Waals surface area contributed by atoms with Crippen molar-refractivity contribution in [2.24, 2.45) is 0 Å². The molecular weight excluding hydrogens is 254 g/mol. The van der Waals surface area contributed by atoms with E-state index >= 15 is 0 Å². The minimum Gasteiger partial charge on any atom is -0.462 e. The number of carbonyl (C=O) groups excluding carboxylic acids is 1. The zero-order chi connectivity index (χ0) is 14.4. The SMILES string of the molecule is CCCCOC(=O)/C(C#N)=C\c1ccc2nc[nH]c2c1. The summed E-state index contributed by atoms with van der Waals surface area (Å²) in [6.07, 6.45) is 4.86. The minimum atomic E-state index is -0.578. The molecule has 0 unspecified atom stereocenters. The molecule has 2 rings (SSSR count). The second kappa shape index (κ2) is 6.53. The predicted octanol–water partition coefficient (Wildman–Crippen LogP) is 2.81. The number of aromatic amines is 1. The van der Waals surface area contributed by atoms with E-state index in [1.54, 1.807) is 12.4 Å². The molecule has 0 aliphatic carbocycles. The Hall–Kier alpha value is -2.61. The van der Waals surface area contributed by atoms with Gasteiger partial charge in [0, 0.05) is 0 Å². The zero-order valence-electron chi connectivity index (χ0n) is 11.2. The Labute approximate surface area is 116 Å². The quantitative estimate of drug-likeness (QED) is 0.392. The number of unbranched alkanes of at least 4 members (excludes halogenated alkanes) is 1. The molecule has 0 aliphatic heterocycles. The molecule has 0 radical (unpaired) electrons. The summed E-state index contributed by atoms with van der Waals surface area (Å²) in [5.41, 5.74) is 2.45. The highest BCUT2D eigenvalue weighted by molar-refractivity contribution is 5.98. The van der Waals surface area contributed by atoms with Crippen molar-refractivity contribution in [3.8, 4) is 6.07 Å². The molecule has 5 heteroatoms. The van der Waals surface area contributed by atoms with Crippen molar-refractivity contribution < 1.29 is 9.53 Å². The van der Waals surface area contributed by atoms with Crippen LogP contribution in [0.25, 0.3) is 17.1 Å². The maximum absolute atomic E-state index is 11.7. The number of aromatic nitrogens is 2. The van der Waals surface area contributed by atoms with Crippen molar-refractivity contribution >= 4 is 23.1 Å². The van der Waals surface area contributed by atoms with Crippen LogP contribution in [0.2, 0.25) is 0 Å². The number of rotatable bonds is 5. The fraction of sp³-hybridized carbons (Fsp3) is 0.267. The number of hydrogen-bond donors (Lipinski definition) is 1. The molecule has 1 heterocycles. The van der Waals surface area contributed by atoms with Crippen LogP contribution in [-0.4, -0.2) is 22.5 Å². The first-order valence-corrected chi connectivity index (χ1v) is 6.46. The number of nitrogens with zero attached hydrogens (tertiary/aromatic N) is 2. The number of ether oxygens (including phenoxy) is 1. The van der Waals surface area contributed by atoms with Gasteiger partial charge in [0.2, 0.25) is 0 Å². The van der Waals surface area contributed by atoms with Crippen LogP contribution in [0.4, 0.5) is 0 Å². The van der Waals surface area contributed by atoms with E-state index in [0.29, 0.717) is 6.61 Å². The van der Waals surface area contributed by atoms with E-state index in [1.165, 1.54) is 6.08 Å². The third-order valence-corrected chi connectivity index (χ3v) is 2.83. The van der Waals surface area contributed by atoms with Crippen LogP contribution >= 0.6 is 0 Å². The number of nitrogens with one attached hydrogen (secondary N) is 1. The van der Waals surface area contributed by atoms with Gasteiger partial charge in [-0.3, -0.25) is 0 Å². The number of imidazole rings is 1. The number of carbonyl (C=O) groups is 1. The van der Waals surface area contributed by atoms with Crippen LogP contribution in [-0.2, 0) is 9.53 Å². The molecule has 0 saturated carbocycles. The average molecular weight is 269 g/mol. The lowest BCUT2D eigenvalue weighted by Gasteiger charge is -2.02. The van der Waals surface area contributed by atoms with Crippen molar-refractivity contribution in [3.63, 3.8) is 0 Å². The van der Waals surface area contributed by atoms with E-state index in [2.05, 4.69) is 9.97 Å². The first-order chi connectivity index (χ1) is 9.74. The highest BCUT2D eigenvalue weighted by atomic mass is 16.5. The minimum absolute atomic E-state index is 0.0000293. The second-order valence-electron chi connectivity index (χ2n) is 4.34. The zero-order valence-corrected chi connectivity index (χ0v) is 11.2. The summed E-state index contributed by atoms with van der Waals surface area (Å²) in [5, 5.41) is 9.05. The first-order valence-electron chi connectivity index (χ1n) is 6.46. The molecule has 0 saturated heterocycles. The Bertz CT molecular complexity index is 680. The molecular formula is C15H15N3O2. The van der Waals surface area contributed by atoms with Gasteiger partial charge >= 0.3 is 5.97 Å². The van der Waals surface area contributed by atoms with Crippen LogP contribution in [0.5, 0.6) is 0 Å². The highest BCUT2D eigenvalue weighted by Crippen LogP contribution is 2.15. The molecule has 0 bridgehead atoms. The third-order valence-electron chi connectivity index (χ3n) is 2.83. The largest absolute Gasteiger partial charge is 0.462 e. The van der Waals surface area contributed by atoms with E-state index in [4.69, 9.17) is 10.00 Å². The smallest absolute Gasteiger partial charge is 0.348 e. The number of H-pyrrole nitrogens is 1. The second-order valence-corrected chi connectivity index (χ2v) is 4.34. The number of hydrogen-bond acceptors (Lipinski definition) is 4. The van der Waals surface area contributed by atoms with Crippen LogP contribution in [0, 0.1) is 11.3 Å². The molecule has 1 aromatic heterocycles. The number of nitriles is 1. The van der Waals surface area contributed by atoms with Crippen LogP contribution in [0.15, 0.2) is 30.1 Å². The van der Waals surface area contributed by atoms with E-state index in [9.17, 15) is 4.79 Å². The normalized spacial score (nSPS) is 11.3. The van der Waals surface area contributed by atoms with Gasteiger partial charge in [-0.15, -0.1) is 0 Å². The van der Waals surface area contributed by atoms with Gasteiger partial charge in [0.05, 0.1) is 24.0 Å². The molecule has 2 aromatic rings. The summed E-state index contributed by atoms with van der Waals surface area (Å²) in [6.45, 7) is 2.35. The summed E-state index contributed by atoms with van der Waals surface area (Å²) in [4.78, 5) is 18.8. The van der Waals surface area contributed by atoms with Gasteiger partial charge < -0.3 is 9.72 Å². The lowest BCUT2D eigenvalue weighted by Crippen LogP contribution is -2.07. The molecule has 1 N–H and O–H groups in total. The van der Waals surface area contributed by atoms with E-state index in [-0.39, 0.29) is 5.57 Å². The van der Waals surface area contributed by atoms with Crippen molar-refractivity contribution in [1.29, 1.82) is 5.26 Å². The van der Waals surface area contributed by atoms with E-state index in [1.807, 2.05) is 25.1 Å². The molecule has 20 heavy (non-hydrogen) atoms. The van der Waals surface area contributed by atoms with Gasteiger partial charge in [-0.2, -0.15) is 5.26 Å². The van der Waals surface area contributed by atoms with Crippen LogP contribution < -0.4 is 0 Å². The standard InChI is InChI=1S/C15H15N3O2/c1-2-3-6-20-15(19)12(9-16)7-11-4-5-13-14(8-11)18-10-17-13/h4-5,7-8,10H,2-3,6H2,1H3,(H,17,18)/b12-7-. The Morgan fingerprint density at radius 1 is 1.55 bits per heavy atom. The molecule has 1 aromatic carbocycles. The van der Waals surface area contributed by atoms with Gasteiger partial charge in [0.25, 0.3) is 0 Å². The Morgan fingerprint density at radius 2 is 2.40 bits per heavy atom. The summed E-state index contributed by atoms with van der Waals surface area (Å²) < 4.78 is 5.03. The summed E-state index contributed by atoms with van der Waals surface area (Å²) in [6, 6.07) is 7.35. The summed E-state index contributed by atoms with van der Waals surface area (Å²) in [7, 11) is 0. The van der Waals surface area contributed by atoms with Gasteiger partial charge in [-0.05, 0) is 30.2 Å². The third kappa shape index (κ3) is 3.23. The summed E-state index contributed by atoms with van der Waals surface area (Å²) in [5.74, 6) is -0.578. The molecule has 102 valence electrons. The molecule has 0 aliphatic rings. The van der Waals surface area contributed by atoms with Gasteiger partial charge in [-0.25, -0.2) is 9.78 Å². The molecule has 0 fully saturated rings. The molecule has 0 atom stereocenters. The van der Waals surface area contributed by atoms with Crippen LogP contribution in [0.3, 0.4) is 0 Å². The van der Waals surface area contributed by atoms with Crippen molar-refractivity contribution in [2.75, 3.05) is 6.61 Å². The molecule has 0 amide bonds. The van der Waals surface area contributed by atoms with Crippen LogP contribution in [0.1, 0.15) is 25.3 Å². The average Bonchev–Trinajstić information content (AvgIpc) is 2.92.